The molecular weight excluding hydrogens is 583 g/mol. The van der Waals surface area contributed by atoms with Crippen LogP contribution in [0.25, 0.3) is 21.1 Å². The number of anilines is 1. The topological polar surface area (TPSA) is 73.0 Å². The fourth-order valence-electron chi connectivity index (χ4n) is 8.29. The van der Waals surface area contributed by atoms with Gasteiger partial charge >= 0.3 is 6.18 Å². The van der Waals surface area contributed by atoms with E-state index in [2.05, 4.69) is 81.9 Å². The number of aromatic nitrogens is 3. The Hall–Kier alpha value is -3.20. The van der Waals surface area contributed by atoms with Gasteiger partial charge in [-0.25, -0.2) is 9.97 Å². The second-order valence-corrected chi connectivity index (χ2v) is 14.7. The number of benzene rings is 1. The molecule has 8 rings (SSSR count). The zero-order chi connectivity index (χ0) is 31.0. The van der Waals surface area contributed by atoms with Gasteiger partial charge in [-0.3, -0.25) is 4.90 Å². The molecule has 1 N–H and O–H groups in total. The van der Waals surface area contributed by atoms with Gasteiger partial charge in [0.15, 0.2) is 0 Å². The number of nitrogens with zero attached hydrogens (tertiary/aromatic N) is 6. The van der Waals surface area contributed by atoms with Crippen molar-refractivity contribution in [3.63, 3.8) is 0 Å². The van der Waals surface area contributed by atoms with Gasteiger partial charge in [-0.05, 0) is 87.4 Å². The maximum atomic E-state index is 12.9. The average molecular weight is 622 g/mol. The number of nitrogens with one attached hydrogen (secondary N) is 1. The van der Waals surface area contributed by atoms with Crippen LogP contribution in [0.15, 0.2) is 30.6 Å². The van der Waals surface area contributed by atoms with Crippen molar-refractivity contribution >= 4 is 38.3 Å². The third kappa shape index (κ3) is 4.77. The van der Waals surface area contributed by atoms with Gasteiger partial charge in [-0.15, -0.1) is 11.3 Å². The van der Waals surface area contributed by atoms with Gasteiger partial charge in [-0.2, -0.15) is 18.4 Å². The summed E-state index contributed by atoms with van der Waals surface area (Å²) in [6, 6.07) is 10.8. The van der Waals surface area contributed by atoms with E-state index < -0.39 is 12.6 Å². The minimum atomic E-state index is -4.25. The van der Waals surface area contributed by atoms with E-state index in [1.807, 2.05) is 0 Å². The van der Waals surface area contributed by atoms with Crippen LogP contribution in [-0.2, 0) is 19.5 Å². The summed E-state index contributed by atoms with van der Waals surface area (Å²) < 4.78 is 41.1. The molecule has 0 unspecified atom stereocenters. The minimum absolute atomic E-state index is 0.192. The summed E-state index contributed by atoms with van der Waals surface area (Å²) in [4.78, 5) is 14.2. The molecule has 232 valence electrons. The number of nitriles is 1. The number of piperidine rings is 1. The molecule has 11 heteroatoms. The molecule has 1 aliphatic heterocycles. The van der Waals surface area contributed by atoms with Gasteiger partial charge in [0.05, 0.1) is 11.8 Å². The quantitative estimate of drug-likeness (QED) is 0.235. The number of fused-ring (bicyclic) bond motifs is 2. The highest BCUT2D eigenvalue weighted by Crippen LogP contribution is 2.74. The Morgan fingerprint density at radius 3 is 2.55 bits per heavy atom. The van der Waals surface area contributed by atoms with E-state index in [-0.39, 0.29) is 10.9 Å². The lowest BCUT2D eigenvalue weighted by Gasteiger charge is -2.78. The number of aryl methyl sites for hydroxylation is 1. The van der Waals surface area contributed by atoms with Crippen LogP contribution in [0.3, 0.4) is 0 Å². The Bertz CT molecular complexity index is 1770. The van der Waals surface area contributed by atoms with Gasteiger partial charge in [-0.1, -0.05) is 13.0 Å². The van der Waals surface area contributed by atoms with E-state index in [9.17, 15) is 18.4 Å². The number of likely N-dealkylation sites (tertiary alicyclic amines) is 1. The highest BCUT2D eigenvalue weighted by Gasteiger charge is 2.74. The molecule has 1 saturated heterocycles. The first-order valence-corrected chi connectivity index (χ1v) is 16.2. The normalized spacial score (nSPS) is 25.8. The second-order valence-electron chi connectivity index (χ2n) is 13.6. The molecule has 3 saturated carbocycles. The Labute approximate surface area is 259 Å². The van der Waals surface area contributed by atoms with Crippen molar-refractivity contribution in [3.05, 3.63) is 52.3 Å². The van der Waals surface area contributed by atoms with Crippen LogP contribution >= 0.6 is 11.3 Å². The molecule has 3 aliphatic carbocycles. The molecule has 4 heterocycles. The van der Waals surface area contributed by atoms with Crippen LogP contribution in [0.5, 0.6) is 0 Å². The van der Waals surface area contributed by atoms with Crippen LogP contribution in [0.4, 0.5) is 19.0 Å². The van der Waals surface area contributed by atoms with E-state index >= 15 is 0 Å². The van der Waals surface area contributed by atoms with Crippen LogP contribution < -0.4 is 5.32 Å². The molecule has 4 fully saturated rings. The number of halogens is 3. The predicted molar refractivity (Wildman–Crippen MR) is 168 cm³/mol. The summed E-state index contributed by atoms with van der Waals surface area (Å²) in [6.45, 7) is 8.11. The molecule has 1 atom stereocenters. The summed E-state index contributed by atoms with van der Waals surface area (Å²) in [6.07, 6.45) is 0.463. The zero-order valence-electron chi connectivity index (χ0n) is 25.6. The van der Waals surface area contributed by atoms with Crippen molar-refractivity contribution in [2.45, 2.75) is 76.8 Å². The van der Waals surface area contributed by atoms with Crippen LogP contribution in [-0.4, -0.2) is 69.3 Å². The third-order valence-corrected chi connectivity index (χ3v) is 12.1. The number of hydrogen-bond acceptors (Lipinski definition) is 7. The molecule has 2 bridgehead atoms. The fourth-order valence-corrected chi connectivity index (χ4v) is 9.31. The third-order valence-electron chi connectivity index (χ3n) is 11.1. The zero-order valence-corrected chi connectivity index (χ0v) is 26.4. The number of hydrogen-bond donors (Lipinski definition) is 1. The number of thiophene rings is 1. The van der Waals surface area contributed by atoms with Gasteiger partial charge in [0.25, 0.3) is 0 Å². The summed E-state index contributed by atoms with van der Waals surface area (Å²) in [7, 11) is 4.38. The molecule has 7 nitrogen and oxygen atoms in total. The van der Waals surface area contributed by atoms with Gasteiger partial charge < -0.3 is 14.8 Å². The Kier molecular flexibility index (Phi) is 6.99. The van der Waals surface area contributed by atoms with E-state index in [1.165, 1.54) is 35.7 Å². The fraction of sp³-hybridized carbons (Fsp3) is 0.545. The Morgan fingerprint density at radius 1 is 1.14 bits per heavy atom. The molecule has 0 spiro atoms. The smallest absolute Gasteiger partial charge is 0.367 e. The van der Waals surface area contributed by atoms with E-state index in [1.54, 1.807) is 6.07 Å². The monoisotopic (exact) mass is 621 g/mol. The van der Waals surface area contributed by atoms with Crippen molar-refractivity contribution in [2.75, 3.05) is 32.5 Å². The maximum Gasteiger partial charge on any atom is 0.393 e. The maximum absolute atomic E-state index is 12.9. The lowest BCUT2D eigenvalue weighted by molar-refractivity contribution is -0.272. The van der Waals surface area contributed by atoms with Crippen molar-refractivity contribution < 1.29 is 13.2 Å². The predicted octanol–water partition coefficient (Wildman–Crippen LogP) is 6.74. The SMILES string of the molecule is Cc1c(CN2CCC(Nc3ncnc4sc(CC(F)(F)F)cc34)CC2)ccc2c1cc(C#N)n2CC12CC(N(C)C)(C1)[C@H]2C. The molecule has 44 heavy (non-hydrogen) atoms. The lowest BCUT2D eigenvalue weighted by Crippen LogP contribution is -2.80. The average Bonchev–Trinajstić information content (AvgIpc) is 3.53. The van der Waals surface area contributed by atoms with Crippen LogP contribution in [0.1, 0.15) is 54.3 Å². The Morgan fingerprint density at radius 2 is 1.89 bits per heavy atom. The first kappa shape index (κ1) is 29.5. The summed E-state index contributed by atoms with van der Waals surface area (Å²) in [5.74, 6) is 1.24. The lowest BCUT2D eigenvalue weighted by atomic mass is 9.33. The molecule has 0 radical (unpaired) electrons. The highest BCUT2D eigenvalue weighted by atomic mass is 32.1. The molecule has 1 aromatic carbocycles. The van der Waals surface area contributed by atoms with Crippen molar-refractivity contribution in [3.8, 4) is 6.07 Å². The molecular formula is C33H38F3N7S. The largest absolute Gasteiger partial charge is 0.393 e. The number of rotatable bonds is 8. The standard InChI is InChI=1S/C33H38F3N7S/c1-20-22(5-6-28-26(20)11-24(14-37)43(28)18-31-16-32(17-31,21(31)2)41(3)4)15-42-9-7-23(8-10-42)40-29-27-12-25(13-33(34,35)36)44-30(27)39-19-38-29/h5-6,11-12,19,21,23H,7-10,13,15-18H2,1-4H3,(H,38,39,40)/t21-,31?,32?/m0/s1. The van der Waals surface area contributed by atoms with Crippen molar-refractivity contribution in [2.24, 2.45) is 11.3 Å². The summed E-state index contributed by atoms with van der Waals surface area (Å²) in [5, 5.41) is 15.4. The molecule has 0 amide bonds. The summed E-state index contributed by atoms with van der Waals surface area (Å²) in [5.41, 5.74) is 5.06. The van der Waals surface area contributed by atoms with Crippen molar-refractivity contribution in [1.29, 1.82) is 5.26 Å². The minimum Gasteiger partial charge on any atom is -0.367 e. The summed E-state index contributed by atoms with van der Waals surface area (Å²) >= 11 is 1.08. The van der Waals surface area contributed by atoms with Gasteiger partial charge in [0, 0.05) is 53.5 Å². The second kappa shape index (κ2) is 10.4. The van der Waals surface area contributed by atoms with Gasteiger partial charge in [0.1, 0.15) is 28.7 Å². The highest BCUT2D eigenvalue weighted by molar-refractivity contribution is 7.18. The van der Waals surface area contributed by atoms with Crippen LogP contribution in [0.2, 0.25) is 0 Å². The molecule has 4 aromatic rings. The van der Waals surface area contributed by atoms with E-state index in [0.717, 1.165) is 61.6 Å². The Balaban J connectivity index is 1.01. The first-order valence-electron chi connectivity index (χ1n) is 15.4. The van der Waals surface area contributed by atoms with Gasteiger partial charge in [0.2, 0.25) is 0 Å². The van der Waals surface area contributed by atoms with E-state index in [0.29, 0.717) is 32.9 Å². The number of alkyl halides is 3. The molecule has 4 aliphatic rings. The van der Waals surface area contributed by atoms with Crippen LogP contribution in [0, 0.1) is 29.6 Å². The van der Waals surface area contributed by atoms with E-state index in [4.69, 9.17) is 0 Å². The molecule has 3 aromatic heterocycles. The first-order chi connectivity index (χ1) is 20.9. The van der Waals surface area contributed by atoms with Crippen molar-refractivity contribution in [1.82, 2.24) is 24.3 Å².